The van der Waals surface area contributed by atoms with Gasteiger partial charge in [0.2, 0.25) is 17.7 Å². The third-order valence-electron chi connectivity index (χ3n) is 10.1. The summed E-state index contributed by atoms with van der Waals surface area (Å²) in [5.74, 6) is -0.524. The van der Waals surface area contributed by atoms with Crippen LogP contribution in [0.2, 0.25) is 0 Å². The average Bonchev–Trinajstić information content (AvgIpc) is 3.62. The van der Waals surface area contributed by atoms with Gasteiger partial charge in [-0.3, -0.25) is 14.4 Å². The molecule has 8 atom stereocenters. The van der Waals surface area contributed by atoms with Gasteiger partial charge in [0.25, 0.3) is 0 Å². The number of methoxy groups -OCH3 is 1. The fraction of sp³-hybridized carbons (Fsp3) is 0.667. The van der Waals surface area contributed by atoms with E-state index in [1.165, 1.54) is 0 Å². The predicted molar refractivity (Wildman–Crippen MR) is 162 cm³/mol. The number of nitrogens with one attached hydrogen (secondary N) is 2. The van der Waals surface area contributed by atoms with Gasteiger partial charge in [-0.25, -0.2) is 0 Å². The summed E-state index contributed by atoms with van der Waals surface area (Å²) >= 11 is 0. The van der Waals surface area contributed by atoms with Crippen molar-refractivity contribution in [2.24, 2.45) is 23.7 Å². The number of carbonyl (C=O) groups is 3. The smallest absolute Gasteiger partial charge is 0.246 e. The number of anilines is 1. The van der Waals surface area contributed by atoms with Crippen molar-refractivity contribution in [3.63, 3.8) is 0 Å². The van der Waals surface area contributed by atoms with Crippen LogP contribution in [0, 0.1) is 23.7 Å². The topological polar surface area (TPSA) is 100 Å². The number of hydrogen-bond donors (Lipinski definition) is 2. The molecule has 3 amide bonds. The SMILES string of the molecule is CCCN(CCC)CCN1C(=O)C2C(C(=O)Nc3ccc(OC)cc3)C3C=CC2(O3)C1C(=O)NC1CCCC(C)C1C. The van der Waals surface area contributed by atoms with E-state index in [0.29, 0.717) is 36.4 Å². The lowest BCUT2D eigenvalue weighted by Gasteiger charge is -2.38. The van der Waals surface area contributed by atoms with Crippen LogP contribution in [0.5, 0.6) is 5.75 Å². The van der Waals surface area contributed by atoms with Gasteiger partial charge in [-0.1, -0.05) is 52.7 Å². The Morgan fingerprint density at radius 1 is 1.07 bits per heavy atom. The van der Waals surface area contributed by atoms with Crippen LogP contribution in [-0.4, -0.2) is 84.6 Å². The van der Waals surface area contributed by atoms with Gasteiger partial charge in [0.05, 0.1) is 25.0 Å². The molecule has 3 fully saturated rings. The monoisotopic (exact) mass is 580 g/mol. The van der Waals surface area contributed by atoms with E-state index in [1.54, 1.807) is 36.3 Å². The molecule has 0 aromatic heterocycles. The van der Waals surface area contributed by atoms with Gasteiger partial charge < -0.3 is 29.9 Å². The summed E-state index contributed by atoms with van der Waals surface area (Å²) < 4.78 is 11.8. The number of benzene rings is 1. The first-order chi connectivity index (χ1) is 20.2. The fourth-order valence-electron chi connectivity index (χ4n) is 7.67. The molecule has 3 aliphatic heterocycles. The molecule has 2 N–H and O–H groups in total. The average molecular weight is 581 g/mol. The molecule has 230 valence electrons. The number of fused-ring (bicyclic) bond motifs is 1. The van der Waals surface area contributed by atoms with Crippen molar-refractivity contribution < 1.29 is 23.9 Å². The van der Waals surface area contributed by atoms with Gasteiger partial charge in [-0.15, -0.1) is 0 Å². The summed E-state index contributed by atoms with van der Waals surface area (Å²) in [4.78, 5) is 46.3. The van der Waals surface area contributed by atoms with E-state index in [1.807, 2.05) is 12.2 Å². The van der Waals surface area contributed by atoms with Gasteiger partial charge >= 0.3 is 0 Å². The Morgan fingerprint density at radius 3 is 2.45 bits per heavy atom. The van der Waals surface area contributed by atoms with E-state index in [0.717, 1.165) is 45.2 Å². The Bertz CT molecular complexity index is 1170. The van der Waals surface area contributed by atoms with Gasteiger partial charge in [0.15, 0.2) is 0 Å². The fourth-order valence-corrected chi connectivity index (χ4v) is 7.67. The van der Waals surface area contributed by atoms with Crippen molar-refractivity contribution >= 4 is 23.4 Å². The maximum Gasteiger partial charge on any atom is 0.246 e. The molecule has 1 aromatic rings. The predicted octanol–water partition coefficient (Wildman–Crippen LogP) is 3.85. The van der Waals surface area contributed by atoms with Gasteiger partial charge in [-0.05, 0) is 68.5 Å². The Morgan fingerprint density at radius 2 is 1.79 bits per heavy atom. The first-order valence-electron chi connectivity index (χ1n) is 15.9. The number of ether oxygens (including phenoxy) is 2. The van der Waals surface area contributed by atoms with Gasteiger partial charge in [0.1, 0.15) is 17.4 Å². The summed E-state index contributed by atoms with van der Waals surface area (Å²) in [6, 6.07) is 6.35. The largest absolute Gasteiger partial charge is 0.497 e. The van der Waals surface area contributed by atoms with E-state index >= 15 is 0 Å². The van der Waals surface area contributed by atoms with E-state index < -0.39 is 29.6 Å². The Labute approximate surface area is 250 Å². The Balaban J connectivity index is 1.42. The molecule has 9 heteroatoms. The molecule has 2 saturated heterocycles. The van der Waals surface area contributed by atoms with Gasteiger partial charge in [-0.2, -0.15) is 0 Å². The zero-order valence-electron chi connectivity index (χ0n) is 25.8. The molecular weight excluding hydrogens is 532 g/mol. The molecule has 1 aliphatic carbocycles. The van der Waals surface area contributed by atoms with E-state index in [2.05, 4.69) is 43.2 Å². The summed E-state index contributed by atoms with van der Waals surface area (Å²) in [6.07, 6.45) is 8.42. The highest BCUT2D eigenvalue weighted by Gasteiger charge is 2.72. The number of nitrogens with zero attached hydrogens (tertiary/aromatic N) is 2. The summed E-state index contributed by atoms with van der Waals surface area (Å²) in [6.45, 7) is 11.7. The second kappa shape index (κ2) is 12.8. The van der Waals surface area contributed by atoms with Crippen molar-refractivity contribution in [1.29, 1.82) is 0 Å². The second-order valence-corrected chi connectivity index (χ2v) is 12.7. The number of likely N-dealkylation sites (tertiary alicyclic amines) is 1. The number of amides is 3. The van der Waals surface area contributed by atoms with Crippen molar-refractivity contribution in [2.45, 2.75) is 83.6 Å². The van der Waals surface area contributed by atoms with Crippen LogP contribution in [0.4, 0.5) is 5.69 Å². The molecular formula is C33H48N4O5. The normalized spacial score (nSPS) is 33.2. The standard InChI is InChI=1S/C33H48N4O5/c1-6-17-36(18-7-2)19-20-37-29(31(39)35-25-10-8-9-21(3)22(25)4)33-16-15-26(42-33)27(28(33)32(37)40)30(38)34-23-11-13-24(41-5)14-12-23/h11-16,21-22,25-29H,6-10,17-20H2,1-5H3,(H,34,38)(H,35,39). The number of carbonyl (C=O) groups excluding carboxylic acids is 3. The van der Waals surface area contributed by atoms with Gasteiger partial charge in [0, 0.05) is 24.8 Å². The first kappa shape index (κ1) is 30.5. The van der Waals surface area contributed by atoms with Crippen molar-refractivity contribution in [3.05, 3.63) is 36.4 Å². The van der Waals surface area contributed by atoms with Crippen LogP contribution in [0.1, 0.15) is 59.8 Å². The summed E-state index contributed by atoms with van der Waals surface area (Å²) in [7, 11) is 1.59. The van der Waals surface area contributed by atoms with E-state index in [-0.39, 0.29) is 23.8 Å². The van der Waals surface area contributed by atoms with Crippen LogP contribution < -0.4 is 15.4 Å². The van der Waals surface area contributed by atoms with Crippen LogP contribution in [0.25, 0.3) is 0 Å². The highest BCUT2D eigenvalue weighted by molar-refractivity contribution is 6.02. The van der Waals surface area contributed by atoms with Crippen LogP contribution >= 0.6 is 0 Å². The van der Waals surface area contributed by atoms with Crippen molar-refractivity contribution in [1.82, 2.24) is 15.1 Å². The number of hydrogen-bond acceptors (Lipinski definition) is 6. The quantitative estimate of drug-likeness (QED) is 0.365. The van der Waals surface area contributed by atoms with Crippen molar-refractivity contribution in [3.8, 4) is 5.75 Å². The molecule has 9 nitrogen and oxygen atoms in total. The molecule has 1 spiro atoms. The molecule has 0 radical (unpaired) electrons. The molecule has 5 rings (SSSR count). The minimum Gasteiger partial charge on any atom is -0.497 e. The van der Waals surface area contributed by atoms with Crippen molar-refractivity contribution in [2.75, 3.05) is 38.6 Å². The third kappa shape index (κ3) is 5.57. The Hall–Kier alpha value is -2.91. The maximum absolute atomic E-state index is 14.3. The highest BCUT2D eigenvalue weighted by atomic mass is 16.5. The molecule has 8 unspecified atom stereocenters. The highest BCUT2D eigenvalue weighted by Crippen LogP contribution is 2.55. The molecule has 42 heavy (non-hydrogen) atoms. The lowest BCUT2D eigenvalue weighted by Crippen LogP contribution is -2.58. The lowest BCUT2D eigenvalue weighted by molar-refractivity contribution is -0.141. The second-order valence-electron chi connectivity index (χ2n) is 12.7. The zero-order valence-corrected chi connectivity index (χ0v) is 25.8. The van der Waals surface area contributed by atoms with Crippen LogP contribution in [0.3, 0.4) is 0 Å². The lowest BCUT2D eigenvalue weighted by atomic mass is 9.73. The van der Waals surface area contributed by atoms with Crippen LogP contribution in [-0.2, 0) is 19.1 Å². The molecule has 4 aliphatic rings. The minimum absolute atomic E-state index is 0.0575. The molecule has 1 saturated carbocycles. The first-order valence-corrected chi connectivity index (χ1v) is 15.9. The summed E-state index contributed by atoms with van der Waals surface area (Å²) in [5, 5.41) is 6.32. The van der Waals surface area contributed by atoms with E-state index in [9.17, 15) is 14.4 Å². The Kier molecular flexibility index (Phi) is 9.28. The van der Waals surface area contributed by atoms with E-state index in [4.69, 9.17) is 9.47 Å². The summed E-state index contributed by atoms with van der Waals surface area (Å²) in [5.41, 5.74) is -0.536. The molecule has 2 bridgehead atoms. The zero-order chi connectivity index (χ0) is 30.0. The minimum atomic E-state index is -1.16. The molecule has 1 aromatic carbocycles. The maximum atomic E-state index is 14.3. The van der Waals surface area contributed by atoms with Crippen LogP contribution in [0.15, 0.2) is 36.4 Å². The molecule has 3 heterocycles. The third-order valence-corrected chi connectivity index (χ3v) is 10.1. The number of rotatable bonds is 12.